The van der Waals surface area contributed by atoms with E-state index in [0.29, 0.717) is 5.92 Å². The Bertz CT molecular complexity index is 683. The number of hydrogen-bond donors (Lipinski definition) is 1. The van der Waals surface area contributed by atoms with Gasteiger partial charge in [0.05, 0.1) is 5.69 Å². The summed E-state index contributed by atoms with van der Waals surface area (Å²) in [5.74, 6) is 1.56. The summed E-state index contributed by atoms with van der Waals surface area (Å²) in [5, 5.41) is 8.67. The number of nitrogens with one attached hydrogen (secondary N) is 1. The molecule has 1 fully saturated rings. The molecule has 1 N–H and O–H groups in total. The quantitative estimate of drug-likeness (QED) is 0.679. The van der Waals surface area contributed by atoms with Crippen LogP contribution in [0.2, 0.25) is 5.02 Å². The third-order valence-electron chi connectivity index (χ3n) is 4.92. The van der Waals surface area contributed by atoms with Gasteiger partial charge in [0.2, 0.25) is 5.88 Å². The Kier molecular flexibility index (Phi) is 8.26. The second-order valence-corrected chi connectivity index (χ2v) is 7.44. The molecule has 1 aromatic carbocycles. The largest absolute Gasteiger partial charge is 0.470 e. The van der Waals surface area contributed by atoms with Crippen LogP contribution < -0.4 is 10.1 Å². The maximum atomic E-state index is 6.27. The van der Waals surface area contributed by atoms with Crippen LogP contribution in [0.1, 0.15) is 56.4 Å². The molecule has 3 rings (SSSR count). The number of aromatic nitrogens is 2. The second-order valence-electron chi connectivity index (χ2n) is 7.01. The zero-order valence-corrected chi connectivity index (χ0v) is 17.2. The molecule has 4 nitrogen and oxygen atoms in total. The highest BCUT2D eigenvalue weighted by Gasteiger charge is 2.19. The molecule has 0 spiro atoms. The highest BCUT2D eigenvalue weighted by molar-refractivity contribution is 6.30. The zero-order valence-electron chi connectivity index (χ0n) is 15.6. The van der Waals surface area contributed by atoms with Crippen LogP contribution in [0.4, 0.5) is 0 Å². The van der Waals surface area contributed by atoms with E-state index in [9.17, 15) is 0 Å². The minimum atomic E-state index is -0.0667. The van der Waals surface area contributed by atoms with Gasteiger partial charge in [0.15, 0.2) is 0 Å². The summed E-state index contributed by atoms with van der Waals surface area (Å²) in [6.45, 7) is 3.75. The van der Waals surface area contributed by atoms with Crippen molar-refractivity contribution < 1.29 is 4.74 Å². The van der Waals surface area contributed by atoms with Gasteiger partial charge < -0.3 is 10.1 Å². The summed E-state index contributed by atoms with van der Waals surface area (Å²) in [7, 11) is 1.94. The van der Waals surface area contributed by atoms with E-state index >= 15 is 0 Å². The predicted octanol–water partition coefficient (Wildman–Crippen LogP) is 5.40. The lowest BCUT2D eigenvalue weighted by molar-refractivity contribution is 0.193. The van der Waals surface area contributed by atoms with E-state index in [-0.39, 0.29) is 18.5 Å². The summed E-state index contributed by atoms with van der Waals surface area (Å²) in [6, 6.07) is 9.91. The van der Waals surface area contributed by atoms with E-state index in [0.717, 1.165) is 35.2 Å². The highest BCUT2D eigenvalue weighted by Crippen LogP contribution is 2.29. The predicted molar refractivity (Wildman–Crippen MR) is 109 cm³/mol. The fourth-order valence-corrected chi connectivity index (χ4v) is 3.77. The van der Waals surface area contributed by atoms with Gasteiger partial charge in [-0.1, -0.05) is 43.0 Å². The number of nitrogens with zero attached hydrogens (tertiary/aromatic N) is 2. The van der Waals surface area contributed by atoms with E-state index in [1.54, 1.807) is 0 Å². The third kappa shape index (κ3) is 5.63. The van der Waals surface area contributed by atoms with Crippen LogP contribution in [0.15, 0.2) is 30.3 Å². The molecular weight excluding hydrogens is 369 g/mol. The number of halogens is 2. The molecular formula is C20H29Cl2N3O. The van der Waals surface area contributed by atoms with Gasteiger partial charge >= 0.3 is 0 Å². The molecule has 26 heavy (non-hydrogen) atoms. The minimum Gasteiger partial charge on any atom is -0.470 e. The first-order chi connectivity index (χ1) is 12.2. The van der Waals surface area contributed by atoms with Crippen molar-refractivity contribution >= 4 is 24.0 Å². The van der Waals surface area contributed by atoms with E-state index in [1.165, 1.54) is 32.1 Å². The van der Waals surface area contributed by atoms with Gasteiger partial charge in [-0.25, -0.2) is 4.68 Å². The molecule has 0 saturated heterocycles. The van der Waals surface area contributed by atoms with Crippen molar-refractivity contribution in [3.05, 3.63) is 46.6 Å². The fourth-order valence-electron chi connectivity index (χ4n) is 3.57. The Labute approximate surface area is 167 Å². The molecule has 1 aliphatic rings. The van der Waals surface area contributed by atoms with Crippen LogP contribution in [0.25, 0.3) is 0 Å². The average Bonchev–Trinajstić information content (AvgIpc) is 2.97. The Morgan fingerprint density at radius 2 is 2.04 bits per heavy atom. The van der Waals surface area contributed by atoms with Gasteiger partial charge in [0.1, 0.15) is 6.10 Å². The maximum Gasteiger partial charge on any atom is 0.212 e. The van der Waals surface area contributed by atoms with Crippen molar-refractivity contribution in [2.45, 2.75) is 58.2 Å². The van der Waals surface area contributed by atoms with Crippen molar-refractivity contribution in [1.29, 1.82) is 0 Å². The molecule has 1 atom stereocenters. The summed E-state index contributed by atoms with van der Waals surface area (Å²) in [5.41, 5.74) is 2.10. The lowest BCUT2D eigenvalue weighted by Crippen LogP contribution is -2.17. The summed E-state index contributed by atoms with van der Waals surface area (Å²) >= 11 is 6.12. The van der Waals surface area contributed by atoms with Crippen LogP contribution in [0, 0.1) is 5.92 Å². The van der Waals surface area contributed by atoms with Crippen molar-refractivity contribution in [3.8, 4) is 5.88 Å². The Balaban J connectivity index is 0.00000243. The van der Waals surface area contributed by atoms with Gasteiger partial charge in [-0.15, -0.1) is 12.4 Å². The zero-order chi connectivity index (χ0) is 17.6. The summed E-state index contributed by atoms with van der Waals surface area (Å²) in [6.07, 6.45) is 6.57. The summed E-state index contributed by atoms with van der Waals surface area (Å²) in [4.78, 5) is 0. The number of benzene rings is 1. The van der Waals surface area contributed by atoms with Gasteiger partial charge in [0.25, 0.3) is 0 Å². The van der Waals surface area contributed by atoms with Crippen molar-refractivity contribution in [3.63, 3.8) is 0 Å². The van der Waals surface area contributed by atoms with Crippen molar-refractivity contribution in [2.24, 2.45) is 5.92 Å². The first-order valence-electron chi connectivity index (χ1n) is 9.29. The first kappa shape index (κ1) is 21.1. The van der Waals surface area contributed by atoms with E-state index in [4.69, 9.17) is 21.4 Å². The van der Waals surface area contributed by atoms with Gasteiger partial charge in [-0.05, 0) is 50.4 Å². The SMILES string of the molecule is CNCc1cc(OC(C)c2cccc(Cl)c2)n(CC2CCCCC2)n1.Cl. The van der Waals surface area contributed by atoms with Crippen LogP contribution in [0.5, 0.6) is 5.88 Å². The number of rotatable bonds is 7. The fraction of sp³-hybridized carbons (Fsp3) is 0.550. The molecule has 6 heteroatoms. The van der Waals surface area contributed by atoms with E-state index < -0.39 is 0 Å². The molecule has 0 amide bonds. The Hall–Kier alpha value is -1.23. The molecule has 0 radical (unpaired) electrons. The molecule has 1 aliphatic carbocycles. The highest BCUT2D eigenvalue weighted by atomic mass is 35.5. The number of ether oxygens (including phenoxy) is 1. The smallest absolute Gasteiger partial charge is 0.212 e. The van der Waals surface area contributed by atoms with Crippen LogP contribution >= 0.6 is 24.0 Å². The molecule has 1 saturated carbocycles. The van der Waals surface area contributed by atoms with Crippen LogP contribution in [0.3, 0.4) is 0 Å². The average molecular weight is 398 g/mol. The molecule has 0 bridgehead atoms. The standard InChI is InChI=1S/C20H28ClN3O.ClH/c1-15(17-9-6-10-18(21)11-17)25-20-12-19(13-22-2)23-24(20)14-16-7-4-3-5-8-16;/h6,9-12,15-16,22H,3-5,7-8,13-14H2,1-2H3;1H. The Morgan fingerprint density at radius 1 is 1.27 bits per heavy atom. The van der Waals surface area contributed by atoms with Gasteiger partial charge in [0, 0.05) is 24.2 Å². The Morgan fingerprint density at radius 3 is 2.73 bits per heavy atom. The topological polar surface area (TPSA) is 39.1 Å². The normalized spacial score (nSPS) is 16.1. The van der Waals surface area contributed by atoms with Gasteiger partial charge in [-0.3, -0.25) is 0 Å². The van der Waals surface area contributed by atoms with E-state index in [1.807, 2.05) is 31.3 Å². The second kappa shape index (κ2) is 10.2. The van der Waals surface area contributed by atoms with Crippen LogP contribution in [-0.4, -0.2) is 16.8 Å². The molecule has 2 aromatic rings. The van der Waals surface area contributed by atoms with Gasteiger partial charge in [-0.2, -0.15) is 5.10 Å². The summed E-state index contributed by atoms with van der Waals surface area (Å²) < 4.78 is 8.33. The minimum absolute atomic E-state index is 0. The molecule has 1 unspecified atom stereocenters. The van der Waals surface area contributed by atoms with Crippen molar-refractivity contribution in [1.82, 2.24) is 15.1 Å². The maximum absolute atomic E-state index is 6.27. The van der Waals surface area contributed by atoms with Crippen molar-refractivity contribution in [2.75, 3.05) is 7.05 Å². The lowest BCUT2D eigenvalue weighted by atomic mass is 9.89. The third-order valence-corrected chi connectivity index (χ3v) is 5.16. The monoisotopic (exact) mass is 397 g/mol. The van der Waals surface area contributed by atoms with Crippen LogP contribution in [-0.2, 0) is 13.1 Å². The number of hydrogen-bond acceptors (Lipinski definition) is 3. The molecule has 0 aliphatic heterocycles. The molecule has 1 heterocycles. The molecule has 1 aromatic heterocycles. The lowest BCUT2D eigenvalue weighted by Gasteiger charge is -2.23. The first-order valence-corrected chi connectivity index (χ1v) is 9.67. The van der Waals surface area contributed by atoms with E-state index in [2.05, 4.69) is 23.0 Å². The molecule has 144 valence electrons.